The van der Waals surface area contributed by atoms with Crippen molar-refractivity contribution in [3.8, 4) is 5.69 Å². The smallest absolute Gasteiger partial charge is 0.276 e. The highest BCUT2D eigenvalue weighted by Crippen LogP contribution is 2.23. The Labute approximate surface area is 192 Å². The first-order valence-electron chi connectivity index (χ1n) is 9.68. The summed E-state index contributed by atoms with van der Waals surface area (Å²) in [4.78, 5) is 35.6. The van der Waals surface area contributed by atoms with E-state index < -0.39 is 10.8 Å². The van der Waals surface area contributed by atoms with Gasteiger partial charge in [-0.3, -0.25) is 19.7 Å². The molecule has 0 saturated carbocycles. The number of nitro groups is 1. The Kier molecular flexibility index (Phi) is 6.14. The van der Waals surface area contributed by atoms with Gasteiger partial charge in [0.25, 0.3) is 17.5 Å². The SMILES string of the molecule is O=C(Nc1ccccc1NC(=O)c1ccn(-c2ccc([N+](=O)[O-])cc2)n1)c1ccc(Cl)cc1. The molecule has 33 heavy (non-hydrogen) atoms. The molecule has 10 heteroatoms. The highest BCUT2D eigenvalue weighted by atomic mass is 35.5. The number of hydrogen-bond donors (Lipinski definition) is 2. The highest BCUT2D eigenvalue weighted by Gasteiger charge is 2.15. The summed E-state index contributed by atoms with van der Waals surface area (Å²) in [6.45, 7) is 0. The molecule has 2 amide bonds. The largest absolute Gasteiger partial charge is 0.320 e. The van der Waals surface area contributed by atoms with Crippen molar-refractivity contribution in [3.05, 3.63) is 111 Å². The molecule has 0 aliphatic rings. The van der Waals surface area contributed by atoms with Crippen LogP contribution in [0.5, 0.6) is 0 Å². The fourth-order valence-electron chi connectivity index (χ4n) is 3.00. The number of carbonyl (C=O) groups excluding carboxylic acids is 2. The molecule has 1 aromatic heterocycles. The van der Waals surface area contributed by atoms with Gasteiger partial charge in [-0.05, 0) is 54.6 Å². The fraction of sp³-hybridized carbons (Fsp3) is 0. The molecular formula is C23H16ClN5O4. The van der Waals surface area contributed by atoms with Gasteiger partial charge in [0.2, 0.25) is 0 Å². The Morgan fingerprint density at radius 2 is 1.45 bits per heavy atom. The molecular weight excluding hydrogens is 446 g/mol. The van der Waals surface area contributed by atoms with E-state index in [2.05, 4.69) is 15.7 Å². The molecule has 2 N–H and O–H groups in total. The Bertz CT molecular complexity index is 1330. The third kappa shape index (κ3) is 5.05. The molecule has 0 atom stereocenters. The zero-order chi connectivity index (χ0) is 23.4. The van der Waals surface area contributed by atoms with Gasteiger partial charge in [-0.1, -0.05) is 23.7 Å². The number of halogens is 1. The van der Waals surface area contributed by atoms with E-state index in [0.717, 1.165) is 0 Å². The Morgan fingerprint density at radius 1 is 0.848 bits per heavy atom. The number of hydrogen-bond acceptors (Lipinski definition) is 5. The first kappa shape index (κ1) is 21.7. The molecule has 0 unspecified atom stereocenters. The van der Waals surface area contributed by atoms with E-state index >= 15 is 0 Å². The van der Waals surface area contributed by atoms with E-state index in [1.165, 1.54) is 35.0 Å². The predicted molar refractivity (Wildman–Crippen MR) is 124 cm³/mol. The minimum Gasteiger partial charge on any atom is -0.320 e. The number of non-ortho nitro benzene ring substituents is 1. The topological polar surface area (TPSA) is 119 Å². The number of benzene rings is 3. The third-order valence-corrected chi connectivity index (χ3v) is 4.93. The average Bonchev–Trinajstić information content (AvgIpc) is 3.31. The van der Waals surface area contributed by atoms with Gasteiger partial charge in [-0.25, -0.2) is 4.68 Å². The van der Waals surface area contributed by atoms with Crippen molar-refractivity contribution in [1.82, 2.24) is 9.78 Å². The van der Waals surface area contributed by atoms with Crippen LogP contribution in [0.3, 0.4) is 0 Å². The summed E-state index contributed by atoms with van der Waals surface area (Å²) in [5, 5.41) is 21.1. The molecule has 0 spiro atoms. The van der Waals surface area contributed by atoms with Crippen molar-refractivity contribution in [2.75, 3.05) is 10.6 Å². The van der Waals surface area contributed by atoms with Crippen LogP contribution in [0.2, 0.25) is 5.02 Å². The van der Waals surface area contributed by atoms with Gasteiger partial charge in [0.1, 0.15) is 0 Å². The second kappa shape index (κ2) is 9.33. The molecule has 0 saturated heterocycles. The molecule has 4 aromatic rings. The molecule has 4 rings (SSSR count). The van der Waals surface area contributed by atoms with Crippen molar-refractivity contribution >= 4 is 40.5 Å². The van der Waals surface area contributed by atoms with Crippen molar-refractivity contribution in [2.45, 2.75) is 0 Å². The van der Waals surface area contributed by atoms with Gasteiger partial charge < -0.3 is 10.6 Å². The monoisotopic (exact) mass is 461 g/mol. The standard InChI is InChI=1S/C23H16ClN5O4/c24-16-7-5-15(6-8-16)22(30)25-19-3-1-2-4-20(19)26-23(31)21-13-14-28(27-21)17-9-11-18(12-10-17)29(32)33/h1-14H,(H,25,30)(H,26,31). The van der Waals surface area contributed by atoms with Crippen molar-refractivity contribution < 1.29 is 14.5 Å². The van der Waals surface area contributed by atoms with Gasteiger partial charge in [0.05, 0.1) is 22.0 Å². The Balaban J connectivity index is 1.48. The molecule has 0 radical (unpaired) electrons. The van der Waals surface area contributed by atoms with Crippen LogP contribution in [0.1, 0.15) is 20.8 Å². The van der Waals surface area contributed by atoms with Crippen molar-refractivity contribution in [2.24, 2.45) is 0 Å². The lowest BCUT2D eigenvalue weighted by atomic mass is 10.2. The number of anilines is 2. The lowest BCUT2D eigenvalue weighted by Crippen LogP contribution is -2.17. The van der Waals surface area contributed by atoms with Gasteiger partial charge >= 0.3 is 0 Å². The molecule has 9 nitrogen and oxygen atoms in total. The zero-order valence-corrected chi connectivity index (χ0v) is 17.7. The molecule has 0 aliphatic heterocycles. The summed E-state index contributed by atoms with van der Waals surface area (Å²) in [7, 11) is 0. The number of para-hydroxylation sites is 2. The van der Waals surface area contributed by atoms with Crippen LogP contribution in [-0.2, 0) is 0 Å². The molecule has 0 fully saturated rings. The quantitative estimate of drug-likeness (QED) is 0.311. The number of rotatable bonds is 6. The molecule has 0 aliphatic carbocycles. The maximum Gasteiger partial charge on any atom is 0.276 e. The summed E-state index contributed by atoms with van der Waals surface area (Å²) in [5.41, 5.74) is 1.89. The normalized spacial score (nSPS) is 10.5. The summed E-state index contributed by atoms with van der Waals surface area (Å²) in [5.74, 6) is -0.834. The summed E-state index contributed by atoms with van der Waals surface area (Å²) in [6.07, 6.45) is 1.57. The lowest BCUT2D eigenvalue weighted by Gasteiger charge is -2.12. The van der Waals surface area contributed by atoms with Crippen LogP contribution >= 0.6 is 11.6 Å². The number of aromatic nitrogens is 2. The highest BCUT2D eigenvalue weighted by molar-refractivity contribution is 6.30. The minimum atomic E-state index is -0.491. The van der Waals surface area contributed by atoms with Crippen LogP contribution in [-0.4, -0.2) is 26.5 Å². The van der Waals surface area contributed by atoms with Crippen molar-refractivity contribution in [3.63, 3.8) is 0 Å². The first-order valence-corrected chi connectivity index (χ1v) is 10.1. The maximum absolute atomic E-state index is 12.7. The molecule has 0 bridgehead atoms. The number of amides is 2. The number of nitrogens with zero attached hydrogens (tertiary/aromatic N) is 3. The number of nitrogens with one attached hydrogen (secondary N) is 2. The van der Waals surface area contributed by atoms with Gasteiger partial charge in [0, 0.05) is 28.9 Å². The fourth-order valence-corrected chi connectivity index (χ4v) is 3.13. The molecule has 1 heterocycles. The first-order chi connectivity index (χ1) is 15.9. The number of nitro benzene ring substituents is 1. The van der Waals surface area contributed by atoms with E-state index in [1.54, 1.807) is 54.7 Å². The predicted octanol–water partition coefficient (Wildman–Crippen LogP) is 4.94. The van der Waals surface area contributed by atoms with Gasteiger partial charge in [-0.15, -0.1) is 0 Å². The second-order valence-corrected chi connectivity index (χ2v) is 7.32. The Hall–Kier alpha value is -4.50. The van der Waals surface area contributed by atoms with E-state index in [-0.39, 0.29) is 17.3 Å². The summed E-state index contributed by atoms with van der Waals surface area (Å²) >= 11 is 5.86. The minimum absolute atomic E-state index is 0.0406. The molecule has 164 valence electrons. The Morgan fingerprint density at radius 3 is 2.06 bits per heavy atom. The van der Waals surface area contributed by atoms with E-state index in [0.29, 0.717) is 27.6 Å². The van der Waals surface area contributed by atoms with Crippen molar-refractivity contribution in [1.29, 1.82) is 0 Å². The van der Waals surface area contributed by atoms with Crippen LogP contribution in [0.15, 0.2) is 85.1 Å². The lowest BCUT2D eigenvalue weighted by molar-refractivity contribution is -0.384. The van der Waals surface area contributed by atoms with Crippen LogP contribution in [0.25, 0.3) is 5.69 Å². The van der Waals surface area contributed by atoms with Crippen LogP contribution in [0, 0.1) is 10.1 Å². The third-order valence-electron chi connectivity index (χ3n) is 4.68. The van der Waals surface area contributed by atoms with E-state index in [1.807, 2.05) is 0 Å². The average molecular weight is 462 g/mol. The summed E-state index contributed by atoms with van der Waals surface area (Å²) < 4.78 is 1.44. The summed E-state index contributed by atoms with van der Waals surface area (Å²) in [6, 6.07) is 20.5. The van der Waals surface area contributed by atoms with Crippen LogP contribution < -0.4 is 10.6 Å². The zero-order valence-electron chi connectivity index (χ0n) is 16.9. The van der Waals surface area contributed by atoms with Gasteiger partial charge in [0.15, 0.2) is 5.69 Å². The van der Waals surface area contributed by atoms with Gasteiger partial charge in [-0.2, -0.15) is 5.10 Å². The van der Waals surface area contributed by atoms with E-state index in [4.69, 9.17) is 11.6 Å². The number of carbonyl (C=O) groups is 2. The molecule has 3 aromatic carbocycles. The maximum atomic E-state index is 12.7. The van der Waals surface area contributed by atoms with Crippen LogP contribution in [0.4, 0.5) is 17.1 Å². The second-order valence-electron chi connectivity index (χ2n) is 6.88. The van der Waals surface area contributed by atoms with E-state index in [9.17, 15) is 19.7 Å².